The van der Waals surface area contributed by atoms with Crippen LogP contribution in [-0.4, -0.2) is 15.9 Å². The number of nitrogens with zero attached hydrogens (tertiary/aromatic N) is 1. The van der Waals surface area contributed by atoms with Gasteiger partial charge in [0.1, 0.15) is 11.6 Å². The number of amides is 1. The van der Waals surface area contributed by atoms with Gasteiger partial charge in [0, 0.05) is 18.1 Å². The zero-order valence-electron chi connectivity index (χ0n) is 9.77. The van der Waals surface area contributed by atoms with E-state index in [-0.39, 0.29) is 11.6 Å². The average molecular weight is 248 g/mol. The third kappa shape index (κ3) is 2.48. The normalized spacial score (nSPS) is 12.1. The smallest absolute Gasteiger partial charge is 0.254 e. The van der Waals surface area contributed by atoms with Crippen LogP contribution in [-0.2, 0) is 0 Å². The highest BCUT2D eigenvalue weighted by Gasteiger charge is 2.16. The lowest BCUT2D eigenvalue weighted by molar-refractivity contribution is 0.0934. The Morgan fingerprint density at radius 3 is 3.00 bits per heavy atom. The number of aromatic nitrogens is 2. The number of hydrogen-bond donors (Lipinski definition) is 3. The van der Waals surface area contributed by atoms with Gasteiger partial charge in [0.15, 0.2) is 0 Å². The highest BCUT2D eigenvalue weighted by Crippen LogP contribution is 2.14. The molecule has 1 heterocycles. The van der Waals surface area contributed by atoms with Crippen LogP contribution >= 0.6 is 0 Å². The fourth-order valence-electron chi connectivity index (χ4n) is 1.57. The van der Waals surface area contributed by atoms with Gasteiger partial charge in [-0.25, -0.2) is 9.37 Å². The number of imidazole rings is 1. The van der Waals surface area contributed by atoms with Crippen molar-refractivity contribution < 1.29 is 9.18 Å². The first kappa shape index (κ1) is 12.1. The lowest BCUT2D eigenvalue weighted by atomic mass is 10.1. The molecule has 0 aliphatic rings. The van der Waals surface area contributed by atoms with Crippen molar-refractivity contribution in [3.63, 3.8) is 0 Å². The number of nitrogen functional groups attached to an aromatic ring is 1. The number of hydrogen-bond acceptors (Lipinski definition) is 3. The van der Waals surface area contributed by atoms with Gasteiger partial charge in [-0.05, 0) is 25.1 Å². The number of carbonyl (C=O) groups is 1. The molecule has 6 heteroatoms. The molecule has 0 saturated heterocycles. The van der Waals surface area contributed by atoms with Crippen LogP contribution in [0.5, 0.6) is 0 Å². The van der Waals surface area contributed by atoms with Crippen molar-refractivity contribution in [2.24, 2.45) is 0 Å². The van der Waals surface area contributed by atoms with Gasteiger partial charge in [-0.1, -0.05) is 0 Å². The van der Waals surface area contributed by atoms with Crippen molar-refractivity contribution >= 4 is 11.6 Å². The maximum atomic E-state index is 13.5. The third-order valence-electron chi connectivity index (χ3n) is 2.51. The second-order valence-corrected chi connectivity index (χ2v) is 3.91. The number of nitrogens with one attached hydrogen (secondary N) is 2. The van der Waals surface area contributed by atoms with Crippen molar-refractivity contribution in [1.29, 1.82) is 0 Å². The molecule has 2 rings (SSSR count). The predicted octanol–water partition coefficient (Wildman–Crippen LogP) is 1.62. The van der Waals surface area contributed by atoms with Gasteiger partial charge in [-0.15, -0.1) is 0 Å². The zero-order valence-corrected chi connectivity index (χ0v) is 9.77. The van der Waals surface area contributed by atoms with E-state index in [2.05, 4.69) is 15.3 Å². The largest absolute Gasteiger partial charge is 0.399 e. The van der Waals surface area contributed by atoms with Crippen molar-refractivity contribution in [1.82, 2.24) is 15.3 Å². The summed E-state index contributed by atoms with van der Waals surface area (Å²) >= 11 is 0. The number of carbonyl (C=O) groups excluding carboxylic acids is 1. The monoisotopic (exact) mass is 248 g/mol. The van der Waals surface area contributed by atoms with Gasteiger partial charge in [-0.2, -0.15) is 0 Å². The van der Waals surface area contributed by atoms with Gasteiger partial charge in [0.05, 0.1) is 11.6 Å². The summed E-state index contributed by atoms with van der Waals surface area (Å²) < 4.78 is 13.5. The first-order chi connectivity index (χ1) is 8.58. The van der Waals surface area contributed by atoms with Crippen LogP contribution < -0.4 is 11.1 Å². The first-order valence-electron chi connectivity index (χ1n) is 5.43. The molecule has 1 aromatic carbocycles. The molecule has 5 nitrogen and oxygen atoms in total. The molecule has 1 amide bonds. The van der Waals surface area contributed by atoms with Crippen molar-refractivity contribution in [3.8, 4) is 0 Å². The number of halogens is 1. The Balaban J connectivity index is 2.15. The van der Waals surface area contributed by atoms with Crippen LogP contribution in [0.25, 0.3) is 0 Å². The fourth-order valence-corrected chi connectivity index (χ4v) is 1.57. The number of H-pyrrole nitrogens is 1. The highest BCUT2D eigenvalue weighted by atomic mass is 19.1. The maximum Gasteiger partial charge on any atom is 0.254 e. The first-order valence-corrected chi connectivity index (χ1v) is 5.43. The summed E-state index contributed by atoms with van der Waals surface area (Å²) in [5, 5.41) is 2.64. The van der Waals surface area contributed by atoms with Gasteiger partial charge >= 0.3 is 0 Å². The van der Waals surface area contributed by atoms with Crippen molar-refractivity contribution in [2.45, 2.75) is 13.0 Å². The van der Waals surface area contributed by atoms with Gasteiger partial charge in [0.25, 0.3) is 5.91 Å². The molecule has 0 aliphatic heterocycles. The second kappa shape index (κ2) is 4.87. The van der Waals surface area contributed by atoms with Crippen molar-refractivity contribution in [3.05, 3.63) is 47.8 Å². The van der Waals surface area contributed by atoms with Crippen LogP contribution in [0.4, 0.5) is 10.1 Å². The van der Waals surface area contributed by atoms with Crippen LogP contribution in [0.3, 0.4) is 0 Å². The molecule has 0 spiro atoms. The van der Waals surface area contributed by atoms with Crippen LogP contribution in [0.1, 0.15) is 29.1 Å². The molecule has 4 N–H and O–H groups in total. The summed E-state index contributed by atoms with van der Waals surface area (Å²) in [6.07, 6.45) is 3.23. The minimum absolute atomic E-state index is 0.0755. The van der Waals surface area contributed by atoms with Crippen LogP contribution in [0.2, 0.25) is 0 Å². The molecule has 1 aromatic heterocycles. The molecule has 0 radical (unpaired) electrons. The molecule has 0 fully saturated rings. The summed E-state index contributed by atoms with van der Waals surface area (Å²) in [5.74, 6) is -0.523. The number of aromatic amines is 1. The Kier molecular flexibility index (Phi) is 3.27. The molecule has 0 saturated carbocycles. The van der Waals surface area contributed by atoms with E-state index in [4.69, 9.17) is 5.73 Å². The zero-order chi connectivity index (χ0) is 13.1. The number of benzene rings is 1. The lowest BCUT2D eigenvalue weighted by Crippen LogP contribution is -2.28. The van der Waals surface area contributed by atoms with Crippen molar-refractivity contribution in [2.75, 3.05) is 5.73 Å². The molecule has 18 heavy (non-hydrogen) atoms. The van der Waals surface area contributed by atoms with Gasteiger partial charge < -0.3 is 16.0 Å². The summed E-state index contributed by atoms with van der Waals surface area (Å²) in [5.41, 5.74) is 5.79. The highest BCUT2D eigenvalue weighted by molar-refractivity contribution is 5.95. The SMILES string of the molecule is CC(NC(=O)c1cc(N)ccc1F)c1ncc[nH]1. The van der Waals surface area contributed by atoms with E-state index in [0.717, 1.165) is 0 Å². The van der Waals surface area contributed by atoms with E-state index < -0.39 is 11.7 Å². The van der Waals surface area contributed by atoms with E-state index >= 15 is 0 Å². The lowest BCUT2D eigenvalue weighted by Gasteiger charge is -2.12. The minimum Gasteiger partial charge on any atom is -0.399 e. The maximum absolute atomic E-state index is 13.5. The molecule has 0 bridgehead atoms. The summed E-state index contributed by atoms with van der Waals surface area (Å²) in [6, 6.07) is 3.54. The van der Waals surface area contributed by atoms with Crippen LogP contribution in [0, 0.1) is 5.82 Å². The Bertz CT molecular complexity index is 553. The van der Waals surface area contributed by atoms with Gasteiger partial charge in [-0.3, -0.25) is 4.79 Å². The molecule has 1 unspecified atom stereocenters. The number of anilines is 1. The Hall–Kier alpha value is -2.37. The summed E-state index contributed by atoms with van der Waals surface area (Å²) in [4.78, 5) is 18.8. The van der Waals surface area contributed by atoms with Gasteiger partial charge in [0.2, 0.25) is 0 Å². The molecular weight excluding hydrogens is 235 g/mol. The molecule has 0 aliphatic carbocycles. The summed E-state index contributed by atoms with van der Waals surface area (Å²) in [6.45, 7) is 1.75. The molecule has 1 atom stereocenters. The quantitative estimate of drug-likeness (QED) is 0.722. The summed E-state index contributed by atoms with van der Waals surface area (Å²) in [7, 11) is 0. The predicted molar refractivity (Wildman–Crippen MR) is 65.3 cm³/mol. The van der Waals surface area contributed by atoms with E-state index in [1.165, 1.54) is 18.2 Å². The Morgan fingerprint density at radius 1 is 1.56 bits per heavy atom. The number of rotatable bonds is 3. The second-order valence-electron chi connectivity index (χ2n) is 3.91. The molecular formula is C12H13FN4O. The van der Waals surface area contributed by atoms with Crippen LogP contribution in [0.15, 0.2) is 30.6 Å². The van der Waals surface area contributed by atoms with E-state index in [1.807, 2.05) is 0 Å². The number of nitrogens with two attached hydrogens (primary N) is 1. The van der Waals surface area contributed by atoms with E-state index in [0.29, 0.717) is 11.5 Å². The average Bonchev–Trinajstić information content (AvgIpc) is 2.85. The Labute approximate surface area is 103 Å². The molecule has 2 aromatic rings. The Morgan fingerprint density at radius 2 is 2.33 bits per heavy atom. The van der Waals surface area contributed by atoms with E-state index in [9.17, 15) is 9.18 Å². The third-order valence-corrected chi connectivity index (χ3v) is 2.51. The van der Waals surface area contributed by atoms with E-state index in [1.54, 1.807) is 19.3 Å². The topological polar surface area (TPSA) is 83.8 Å². The standard InChI is InChI=1S/C12H13FN4O/c1-7(11-15-4-5-16-11)17-12(18)9-6-8(14)2-3-10(9)13/h2-7H,14H2,1H3,(H,15,16)(H,17,18). The molecule has 94 valence electrons. The minimum atomic E-state index is -0.603. The fraction of sp³-hybridized carbons (Fsp3) is 0.167.